The zero-order valence-electron chi connectivity index (χ0n) is 13.4. The van der Waals surface area contributed by atoms with Crippen molar-refractivity contribution in [3.63, 3.8) is 0 Å². The molecule has 0 aromatic rings. The lowest BCUT2D eigenvalue weighted by Gasteiger charge is -2.07. The number of rotatable bonds is 17. The summed E-state index contributed by atoms with van der Waals surface area (Å²) in [4.78, 5) is 10.5. The van der Waals surface area contributed by atoms with E-state index in [1.54, 1.807) is 0 Å². The molecule has 0 aliphatic rings. The minimum atomic E-state index is -0.228. The molecule has 0 spiro atoms. The van der Waals surface area contributed by atoms with Crippen molar-refractivity contribution < 1.29 is 19.0 Å². The molecule has 6 heteroatoms. The first kappa shape index (κ1) is 20.3. The monoisotopic (exact) mass is 304 g/mol. The first-order valence-corrected chi connectivity index (χ1v) is 7.99. The van der Waals surface area contributed by atoms with E-state index in [4.69, 9.17) is 19.9 Å². The quantitative estimate of drug-likeness (QED) is 0.393. The molecule has 0 rings (SSSR count). The van der Waals surface area contributed by atoms with Gasteiger partial charge in [-0.3, -0.25) is 4.79 Å². The molecule has 0 heterocycles. The molecule has 6 nitrogen and oxygen atoms in total. The van der Waals surface area contributed by atoms with Crippen molar-refractivity contribution in [2.24, 2.45) is 5.73 Å². The van der Waals surface area contributed by atoms with Gasteiger partial charge in [-0.1, -0.05) is 13.3 Å². The summed E-state index contributed by atoms with van der Waals surface area (Å²) in [6, 6.07) is 0. The molecule has 0 aromatic carbocycles. The molecule has 21 heavy (non-hydrogen) atoms. The SMILES string of the molecule is CCCCOCCOCCOCCNCCCCC(N)=O. The fourth-order valence-electron chi connectivity index (χ4n) is 1.61. The van der Waals surface area contributed by atoms with Crippen LogP contribution in [0.25, 0.3) is 0 Å². The van der Waals surface area contributed by atoms with Crippen LogP contribution in [-0.2, 0) is 19.0 Å². The third-order valence-electron chi connectivity index (χ3n) is 2.84. The third-order valence-corrected chi connectivity index (χ3v) is 2.84. The molecule has 0 fully saturated rings. The molecule has 3 N–H and O–H groups in total. The number of ether oxygens (including phenoxy) is 3. The van der Waals surface area contributed by atoms with E-state index in [1.165, 1.54) is 0 Å². The van der Waals surface area contributed by atoms with Crippen LogP contribution in [0.15, 0.2) is 0 Å². The first-order chi connectivity index (χ1) is 10.3. The minimum Gasteiger partial charge on any atom is -0.379 e. The van der Waals surface area contributed by atoms with Gasteiger partial charge in [-0.15, -0.1) is 0 Å². The van der Waals surface area contributed by atoms with Gasteiger partial charge in [0.15, 0.2) is 0 Å². The molecule has 0 saturated heterocycles. The molecule has 0 bridgehead atoms. The molecule has 0 saturated carbocycles. The minimum absolute atomic E-state index is 0.228. The molecule has 0 aromatic heterocycles. The van der Waals surface area contributed by atoms with Crippen LogP contribution in [0, 0.1) is 0 Å². The predicted molar refractivity (Wildman–Crippen MR) is 83.3 cm³/mol. The summed E-state index contributed by atoms with van der Waals surface area (Å²) in [5, 5.41) is 3.25. The van der Waals surface area contributed by atoms with Crippen molar-refractivity contribution >= 4 is 5.91 Å². The number of hydrogen-bond acceptors (Lipinski definition) is 5. The second-order valence-electron chi connectivity index (χ2n) is 4.86. The van der Waals surface area contributed by atoms with Crippen molar-refractivity contribution in [1.82, 2.24) is 5.32 Å². The van der Waals surface area contributed by atoms with Crippen LogP contribution in [0.4, 0.5) is 0 Å². The van der Waals surface area contributed by atoms with Gasteiger partial charge in [-0.05, 0) is 25.8 Å². The molecule has 126 valence electrons. The van der Waals surface area contributed by atoms with Crippen molar-refractivity contribution in [3.05, 3.63) is 0 Å². The fraction of sp³-hybridized carbons (Fsp3) is 0.933. The highest BCUT2D eigenvalue weighted by atomic mass is 16.5. The van der Waals surface area contributed by atoms with Gasteiger partial charge in [-0.2, -0.15) is 0 Å². The van der Waals surface area contributed by atoms with Gasteiger partial charge >= 0.3 is 0 Å². The molecule has 0 aliphatic carbocycles. The highest BCUT2D eigenvalue weighted by Crippen LogP contribution is 1.92. The van der Waals surface area contributed by atoms with Crippen LogP contribution >= 0.6 is 0 Å². The van der Waals surface area contributed by atoms with Crippen LogP contribution in [0.2, 0.25) is 0 Å². The maximum Gasteiger partial charge on any atom is 0.217 e. The zero-order valence-corrected chi connectivity index (χ0v) is 13.4. The molecular formula is C15H32N2O4. The molecule has 0 aliphatic heterocycles. The van der Waals surface area contributed by atoms with E-state index in [-0.39, 0.29) is 5.91 Å². The Balaban J connectivity index is 2.95. The lowest BCUT2D eigenvalue weighted by atomic mass is 10.2. The summed E-state index contributed by atoms with van der Waals surface area (Å²) in [6.07, 6.45) is 4.55. The van der Waals surface area contributed by atoms with Crippen molar-refractivity contribution in [2.45, 2.75) is 39.0 Å². The van der Waals surface area contributed by atoms with E-state index in [0.717, 1.165) is 45.4 Å². The van der Waals surface area contributed by atoms with Crippen LogP contribution in [0.3, 0.4) is 0 Å². The van der Waals surface area contributed by atoms with E-state index < -0.39 is 0 Å². The van der Waals surface area contributed by atoms with Gasteiger partial charge in [-0.25, -0.2) is 0 Å². The van der Waals surface area contributed by atoms with E-state index >= 15 is 0 Å². The Morgan fingerprint density at radius 2 is 1.48 bits per heavy atom. The topological polar surface area (TPSA) is 82.8 Å². The molecule has 0 radical (unpaired) electrons. The van der Waals surface area contributed by atoms with Crippen molar-refractivity contribution in [3.8, 4) is 0 Å². The lowest BCUT2D eigenvalue weighted by molar-refractivity contribution is -0.118. The fourth-order valence-corrected chi connectivity index (χ4v) is 1.61. The van der Waals surface area contributed by atoms with Gasteiger partial charge < -0.3 is 25.3 Å². The average Bonchev–Trinajstić information content (AvgIpc) is 2.46. The van der Waals surface area contributed by atoms with Crippen LogP contribution in [0.5, 0.6) is 0 Å². The third kappa shape index (κ3) is 19.3. The Labute approximate surface area is 128 Å². The molecular weight excluding hydrogens is 272 g/mol. The smallest absolute Gasteiger partial charge is 0.217 e. The molecule has 0 atom stereocenters. The average molecular weight is 304 g/mol. The first-order valence-electron chi connectivity index (χ1n) is 7.99. The van der Waals surface area contributed by atoms with Gasteiger partial charge in [0, 0.05) is 19.6 Å². The maximum atomic E-state index is 10.5. The van der Waals surface area contributed by atoms with E-state index in [1.807, 2.05) is 0 Å². The highest BCUT2D eigenvalue weighted by molar-refractivity contribution is 5.73. The number of nitrogens with two attached hydrogens (primary N) is 1. The molecule has 1 amide bonds. The van der Waals surface area contributed by atoms with Gasteiger partial charge in [0.1, 0.15) is 0 Å². The van der Waals surface area contributed by atoms with E-state index in [0.29, 0.717) is 39.5 Å². The number of amides is 1. The Kier molecular flexibility index (Phi) is 16.8. The molecule has 0 unspecified atom stereocenters. The van der Waals surface area contributed by atoms with Crippen LogP contribution < -0.4 is 11.1 Å². The summed E-state index contributed by atoms with van der Waals surface area (Å²) in [7, 11) is 0. The summed E-state index contributed by atoms with van der Waals surface area (Å²) < 4.78 is 16.2. The number of unbranched alkanes of at least 4 members (excludes halogenated alkanes) is 2. The van der Waals surface area contributed by atoms with E-state index in [2.05, 4.69) is 12.2 Å². The van der Waals surface area contributed by atoms with E-state index in [9.17, 15) is 4.79 Å². The lowest BCUT2D eigenvalue weighted by Crippen LogP contribution is -2.22. The standard InChI is InChI=1S/C15H32N2O4/c1-2-3-9-19-11-13-21-14-12-20-10-8-17-7-5-4-6-15(16)18/h17H,2-14H2,1H3,(H2,16,18). The predicted octanol–water partition coefficient (Wildman–Crippen LogP) is 1.08. The van der Waals surface area contributed by atoms with Crippen molar-refractivity contribution in [2.75, 3.05) is 52.7 Å². The van der Waals surface area contributed by atoms with Gasteiger partial charge in [0.2, 0.25) is 5.91 Å². The zero-order chi connectivity index (χ0) is 15.6. The highest BCUT2D eigenvalue weighted by Gasteiger charge is 1.94. The number of primary amides is 1. The van der Waals surface area contributed by atoms with Crippen molar-refractivity contribution in [1.29, 1.82) is 0 Å². The second-order valence-corrected chi connectivity index (χ2v) is 4.86. The normalized spacial score (nSPS) is 10.9. The van der Waals surface area contributed by atoms with Crippen LogP contribution in [-0.4, -0.2) is 58.6 Å². The second kappa shape index (κ2) is 17.4. The van der Waals surface area contributed by atoms with Gasteiger partial charge in [0.05, 0.1) is 33.0 Å². The Hall–Kier alpha value is -0.690. The number of hydrogen-bond donors (Lipinski definition) is 2. The summed E-state index contributed by atoms with van der Waals surface area (Å²) in [5.74, 6) is -0.228. The number of carbonyl (C=O) groups is 1. The number of nitrogens with one attached hydrogen (secondary N) is 1. The van der Waals surface area contributed by atoms with Gasteiger partial charge in [0.25, 0.3) is 0 Å². The number of carbonyl (C=O) groups excluding carboxylic acids is 1. The largest absolute Gasteiger partial charge is 0.379 e. The Morgan fingerprint density at radius 3 is 2.10 bits per heavy atom. The van der Waals surface area contributed by atoms with Crippen LogP contribution in [0.1, 0.15) is 39.0 Å². The maximum absolute atomic E-state index is 10.5. The summed E-state index contributed by atoms with van der Waals surface area (Å²) >= 11 is 0. The Morgan fingerprint density at radius 1 is 0.857 bits per heavy atom. The Bertz CT molecular complexity index is 228. The summed E-state index contributed by atoms with van der Waals surface area (Å²) in [6.45, 7) is 7.85. The summed E-state index contributed by atoms with van der Waals surface area (Å²) in [5.41, 5.74) is 5.05.